The fraction of sp³-hybridized carbons (Fsp3) is 0.643. The van der Waals surface area contributed by atoms with Crippen molar-refractivity contribution in [1.82, 2.24) is 9.88 Å². The van der Waals surface area contributed by atoms with Gasteiger partial charge in [0.1, 0.15) is 11.7 Å². The van der Waals surface area contributed by atoms with E-state index in [0.29, 0.717) is 12.1 Å². The molecule has 116 valence electrons. The summed E-state index contributed by atoms with van der Waals surface area (Å²) in [4.78, 5) is 29.5. The first-order chi connectivity index (χ1) is 9.74. The second kappa shape index (κ2) is 5.73. The molecule has 1 aliphatic rings. The molecule has 0 bridgehead atoms. The van der Waals surface area contributed by atoms with E-state index in [-0.39, 0.29) is 24.0 Å². The van der Waals surface area contributed by atoms with Crippen LogP contribution in [0.3, 0.4) is 0 Å². The van der Waals surface area contributed by atoms with Gasteiger partial charge in [0.25, 0.3) is 5.91 Å². The van der Waals surface area contributed by atoms with E-state index in [0.717, 1.165) is 5.01 Å². The summed E-state index contributed by atoms with van der Waals surface area (Å²) in [7, 11) is 1.53. The lowest BCUT2D eigenvalue weighted by atomic mass is 9.98. The third kappa shape index (κ3) is 3.24. The lowest BCUT2D eigenvalue weighted by molar-refractivity contribution is -0.141. The highest BCUT2D eigenvalue weighted by Gasteiger charge is 2.40. The highest BCUT2D eigenvalue weighted by molar-refractivity contribution is 7.10. The minimum atomic E-state index is -1.01. The zero-order valence-corrected chi connectivity index (χ0v) is 13.4. The lowest BCUT2D eigenvalue weighted by Crippen LogP contribution is -2.40. The van der Waals surface area contributed by atoms with Crippen molar-refractivity contribution in [3.05, 3.63) is 16.1 Å². The Morgan fingerprint density at radius 3 is 2.62 bits per heavy atom. The van der Waals surface area contributed by atoms with Gasteiger partial charge in [-0.05, 0) is 0 Å². The maximum absolute atomic E-state index is 12.5. The average molecular weight is 312 g/mol. The minimum absolute atomic E-state index is 0.129. The summed E-state index contributed by atoms with van der Waals surface area (Å²) in [6.45, 7) is 6.36. The zero-order valence-electron chi connectivity index (χ0n) is 12.6. The summed E-state index contributed by atoms with van der Waals surface area (Å²) >= 11 is 1.42. The Hall–Kier alpha value is -1.47. The van der Waals surface area contributed by atoms with Crippen LogP contribution in [-0.4, -0.2) is 52.7 Å². The first kappa shape index (κ1) is 15.9. The van der Waals surface area contributed by atoms with Crippen LogP contribution in [0.5, 0.6) is 0 Å². The number of carbonyl (C=O) groups is 2. The van der Waals surface area contributed by atoms with Crippen molar-refractivity contribution in [1.29, 1.82) is 0 Å². The van der Waals surface area contributed by atoms with Gasteiger partial charge in [-0.2, -0.15) is 0 Å². The molecule has 2 heterocycles. The number of carbonyl (C=O) groups excluding carboxylic acids is 1. The number of carboxylic acid groups (broad SMARTS) is 1. The molecule has 0 aliphatic carbocycles. The summed E-state index contributed by atoms with van der Waals surface area (Å²) in [6, 6.07) is -0.845. The van der Waals surface area contributed by atoms with Crippen LogP contribution >= 0.6 is 11.3 Å². The number of hydrogen-bond donors (Lipinski definition) is 1. The number of hydrogen-bond acceptors (Lipinski definition) is 5. The summed E-state index contributed by atoms with van der Waals surface area (Å²) < 4.78 is 5.19. The van der Waals surface area contributed by atoms with Gasteiger partial charge >= 0.3 is 5.97 Å². The highest BCUT2D eigenvalue weighted by Crippen LogP contribution is 2.28. The van der Waals surface area contributed by atoms with E-state index in [9.17, 15) is 14.7 Å². The second-order valence-corrected chi connectivity index (χ2v) is 7.05. The third-order valence-corrected chi connectivity index (χ3v) is 4.77. The van der Waals surface area contributed by atoms with Gasteiger partial charge in [-0.1, -0.05) is 20.8 Å². The largest absolute Gasteiger partial charge is 0.480 e. The molecule has 21 heavy (non-hydrogen) atoms. The standard InChI is InChI=1S/C14H20N2O4S/c1-14(2,3)13-15-9(7-21-13)11(17)16-6-8(20-4)5-10(16)12(18)19/h7-8,10H,5-6H2,1-4H3,(H,18,19). The van der Waals surface area contributed by atoms with Gasteiger partial charge in [0.15, 0.2) is 0 Å². The normalized spacial score (nSPS) is 22.6. The molecule has 2 atom stereocenters. The van der Waals surface area contributed by atoms with Crippen molar-refractivity contribution in [2.45, 2.75) is 44.8 Å². The van der Waals surface area contributed by atoms with Gasteiger partial charge in [0.2, 0.25) is 0 Å². The van der Waals surface area contributed by atoms with Gasteiger partial charge in [-0.3, -0.25) is 4.79 Å². The molecule has 1 aromatic rings. The topological polar surface area (TPSA) is 79.7 Å². The molecule has 0 saturated carbocycles. The molecule has 1 amide bonds. The molecule has 0 radical (unpaired) electrons. The summed E-state index contributed by atoms with van der Waals surface area (Å²) in [5.41, 5.74) is 0.183. The molecule has 1 fully saturated rings. The Morgan fingerprint density at radius 2 is 2.14 bits per heavy atom. The summed E-state index contributed by atoms with van der Waals surface area (Å²) in [5, 5.41) is 11.8. The van der Waals surface area contributed by atoms with E-state index in [1.165, 1.54) is 23.3 Å². The van der Waals surface area contributed by atoms with E-state index in [4.69, 9.17) is 4.74 Å². The molecule has 2 unspecified atom stereocenters. The van der Waals surface area contributed by atoms with E-state index < -0.39 is 12.0 Å². The van der Waals surface area contributed by atoms with E-state index >= 15 is 0 Å². The molecular formula is C14H20N2O4S. The molecule has 1 saturated heterocycles. The van der Waals surface area contributed by atoms with Crippen molar-refractivity contribution in [2.75, 3.05) is 13.7 Å². The predicted octanol–water partition coefficient (Wildman–Crippen LogP) is 1.75. The number of thiazole rings is 1. The quantitative estimate of drug-likeness (QED) is 0.920. The van der Waals surface area contributed by atoms with Crippen LogP contribution < -0.4 is 0 Å². The van der Waals surface area contributed by atoms with Crippen molar-refractivity contribution >= 4 is 23.2 Å². The predicted molar refractivity (Wildman–Crippen MR) is 78.7 cm³/mol. The van der Waals surface area contributed by atoms with Gasteiger partial charge in [-0.25, -0.2) is 9.78 Å². The molecular weight excluding hydrogens is 292 g/mol. The molecule has 0 spiro atoms. The maximum Gasteiger partial charge on any atom is 0.326 e. The summed E-state index contributed by atoms with van der Waals surface area (Å²) in [5.74, 6) is -1.34. The fourth-order valence-electron chi connectivity index (χ4n) is 2.29. The van der Waals surface area contributed by atoms with Crippen molar-refractivity contribution in [3.8, 4) is 0 Å². The Bertz CT molecular complexity index is 549. The lowest BCUT2D eigenvalue weighted by Gasteiger charge is -2.20. The first-order valence-electron chi connectivity index (χ1n) is 6.76. The molecule has 2 rings (SSSR count). The SMILES string of the molecule is COC1CC(C(=O)O)N(C(=O)c2csc(C(C)(C)C)n2)C1. The number of methoxy groups -OCH3 is 1. The Labute approximate surface area is 127 Å². The van der Waals surface area contributed by atoms with Crippen molar-refractivity contribution in [2.24, 2.45) is 0 Å². The number of ether oxygens (including phenoxy) is 1. The number of aliphatic carboxylic acids is 1. The van der Waals surface area contributed by atoms with E-state index in [2.05, 4.69) is 4.98 Å². The van der Waals surface area contributed by atoms with Crippen LogP contribution in [0.2, 0.25) is 0 Å². The molecule has 1 aliphatic heterocycles. The maximum atomic E-state index is 12.5. The molecule has 7 heteroatoms. The van der Waals surface area contributed by atoms with Crippen molar-refractivity contribution in [3.63, 3.8) is 0 Å². The Balaban J connectivity index is 2.22. The number of carboxylic acids is 1. The fourth-order valence-corrected chi connectivity index (χ4v) is 3.17. The molecule has 1 aromatic heterocycles. The van der Waals surface area contributed by atoms with Crippen LogP contribution in [0.1, 0.15) is 42.7 Å². The molecule has 1 N–H and O–H groups in total. The van der Waals surface area contributed by atoms with Crippen LogP contribution in [0.4, 0.5) is 0 Å². The number of rotatable bonds is 3. The van der Waals surface area contributed by atoms with Crippen LogP contribution in [0.25, 0.3) is 0 Å². The zero-order chi connectivity index (χ0) is 15.8. The number of likely N-dealkylation sites (tertiary alicyclic amines) is 1. The monoisotopic (exact) mass is 312 g/mol. The third-order valence-electron chi connectivity index (χ3n) is 3.51. The van der Waals surface area contributed by atoms with E-state index in [1.807, 2.05) is 20.8 Å². The summed E-state index contributed by atoms with van der Waals surface area (Å²) in [6.07, 6.45) is 0.0733. The van der Waals surface area contributed by atoms with Crippen LogP contribution in [0.15, 0.2) is 5.38 Å². The smallest absolute Gasteiger partial charge is 0.326 e. The Morgan fingerprint density at radius 1 is 1.48 bits per heavy atom. The highest BCUT2D eigenvalue weighted by atomic mass is 32.1. The number of amides is 1. The average Bonchev–Trinajstić information content (AvgIpc) is 3.04. The Kier molecular flexibility index (Phi) is 4.34. The molecule has 0 aromatic carbocycles. The number of aromatic nitrogens is 1. The van der Waals surface area contributed by atoms with Crippen molar-refractivity contribution < 1.29 is 19.4 Å². The first-order valence-corrected chi connectivity index (χ1v) is 7.64. The molecule has 6 nitrogen and oxygen atoms in total. The van der Waals surface area contributed by atoms with Crippen LogP contribution in [0, 0.1) is 0 Å². The van der Waals surface area contributed by atoms with Crippen LogP contribution in [-0.2, 0) is 14.9 Å². The van der Waals surface area contributed by atoms with Gasteiger partial charge < -0.3 is 14.7 Å². The minimum Gasteiger partial charge on any atom is -0.480 e. The van der Waals surface area contributed by atoms with Gasteiger partial charge in [-0.15, -0.1) is 11.3 Å². The second-order valence-electron chi connectivity index (χ2n) is 6.19. The number of nitrogens with zero attached hydrogens (tertiary/aromatic N) is 2. The van der Waals surface area contributed by atoms with Gasteiger partial charge in [0.05, 0.1) is 11.1 Å². The van der Waals surface area contributed by atoms with Gasteiger partial charge in [0, 0.05) is 30.9 Å². The van der Waals surface area contributed by atoms with E-state index in [1.54, 1.807) is 5.38 Å².